The first-order valence-electron chi connectivity index (χ1n) is 4.30. The molecule has 17 heavy (non-hydrogen) atoms. The maximum absolute atomic E-state index is 10.4. The second-order valence-electron chi connectivity index (χ2n) is 2.95. The third-order valence-corrected chi connectivity index (χ3v) is 2.46. The number of nitriles is 1. The molecule has 1 rings (SSSR count). The van der Waals surface area contributed by atoms with Crippen molar-refractivity contribution in [1.82, 2.24) is 0 Å². The molecule has 0 saturated heterocycles. The molecule has 0 atom stereocenters. The number of rotatable bonds is 3. The van der Waals surface area contributed by atoms with Gasteiger partial charge in [0, 0.05) is 17.7 Å². The van der Waals surface area contributed by atoms with Gasteiger partial charge in [-0.1, -0.05) is 0 Å². The Kier molecular flexibility index (Phi) is 4.17. The summed E-state index contributed by atoms with van der Waals surface area (Å²) in [6.45, 7) is 0. The third kappa shape index (κ3) is 3.01. The number of nitro groups is 1. The smallest absolute Gasteiger partial charge is 0.269 e. The van der Waals surface area contributed by atoms with Crippen LogP contribution in [0.2, 0.25) is 0 Å². The lowest BCUT2D eigenvalue weighted by atomic mass is 10.1. The molecule has 1 aromatic carbocycles. The van der Waals surface area contributed by atoms with Crippen molar-refractivity contribution in [3.05, 3.63) is 45.5 Å². The molecule has 0 aliphatic carbocycles. The van der Waals surface area contributed by atoms with Crippen LogP contribution < -0.4 is 0 Å². The van der Waals surface area contributed by atoms with Crippen molar-refractivity contribution in [3.63, 3.8) is 0 Å². The van der Waals surface area contributed by atoms with Gasteiger partial charge < -0.3 is 5.11 Å². The van der Waals surface area contributed by atoms with Crippen LogP contribution in [0.15, 0.2) is 29.8 Å². The summed E-state index contributed by atoms with van der Waals surface area (Å²) in [7, 11) is 0. The number of hydrogen-bond donors (Lipinski definition) is 2. The van der Waals surface area contributed by atoms with Crippen molar-refractivity contribution in [1.29, 1.82) is 10.7 Å². The van der Waals surface area contributed by atoms with Crippen LogP contribution >= 0.6 is 22.6 Å². The van der Waals surface area contributed by atoms with Gasteiger partial charge in [0.1, 0.15) is 21.1 Å². The summed E-state index contributed by atoms with van der Waals surface area (Å²) >= 11 is 1.60. The van der Waals surface area contributed by atoms with Crippen molar-refractivity contribution in [2.45, 2.75) is 0 Å². The maximum atomic E-state index is 10.4. The lowest BCUT2D eigenvalue weighted by Gasteiger charge is -2.02. The molecule has 2 N–H and O–H groups in total. The number of aliphatic hydroxyl groups is 1. The number of nitrogens with one attached hydrogen (secondary N) is 1. The van der Waals surface area contributed by atoms with E-state index in [0.717, 1.165) is 0 Å². The number of hydrogen-bond acceptors (Lipinski definition) is 5. The molecule has 6 nitrogen and oxygen atoms in total. The second-order valence-corrected chi connectivity index (χ2v) is 4.03. The summed E-state index contributed by atoms with van der Waals surface area (Å²) in [5.41, 5.74) is -0.0161. The van der Waals surface area contributed by atoms with Crippen LogP contribution in [-0.4, -0.2) is 13.7 Å². The highest BCUT2D eigenvalue weighted by atomic mass is 127. The Morgan fingerprint density at radius 2 is 2.00 bits per heavy atom. The van der Waals surface area contributed by atoms with Crippen LogP contribution in [0.1, 0.15) is 5.56 Å². The molecule has 0 heterocycles. The summed E-state index contributed by atoms with van der Waals surface area (Å²) in [4.78, 5) is 9.86. The van der Waals surface area contributed by atoms with E-state index in [1.165, 1.54) is 24.3 Å². The Labute approximate surface area is 110 Å². The van der Waals surface area contributed by atoms with Crippen LogP contribution in [-0.2, 0) is 0 Å². The number of nitrogens with zero attached hydrogens (tertiary/aromatic N) is 2. The van der Waals surface area contributed by atoms with Crippen LogP contribution in [0.5, 0.6) is 0 Å². The van der Waals surface area contributed by atoms with E-state index in [0.29, 0.717) is 0 Å². The van der Waals surface area contributed by atoms with Gasteiger partial charge in [-0.15, -0.1) is 0 Å². The van der Waals surface area contributed by atoms with E-state index >= 15 is 0 Å². The maximum Gasteiger partial charge on any atom is 0.269 e. The zero-order valence-corrected chi connectivity index (χ0v) is 10.5. The van der Waals surface area contributed by atoms with E-state index in [4.69, 9.17) is 10.7 Å². The molecule has 0 amide bonds. The topological polar surface area (TPSA) is 111 Å². The molecule has 0 bridgehead atoms. The van der Waals surface area contributed by atoms with E-state index < -0.39 is 4.92 Å². The highest BCUT2D eigenvalue weighted by Crippen LogP contribution is 2.21. The molecule has 7 heteroatoms. The van der Waals surface area contributed by atoms with Gasteiger partial charge in [-0.25, -0.2) is 0 Å². The molecule has 86 valence electrons. The molecule has 0 fully saturated rings. The molecule has 1 aromatic rings. The number of halogens is 1. The van der Waals surface area contributed by atoms with Crippen LogP contribution in [0.4, 0.5) is 5.69 Å². The first-order valence-corrected chi connectivity index (χ1v) is 5.38. The Bertz CT molecular complexity index is 543. The SMILES string of the molecule is N#C/C(C(=N)I)=C(/O)c1ccc([N+](=O)[O-])cc1. The minimum Gasteiger partial charge on any atom is -0.506 e. The molecule has 0 unspecified atom stereocenters. The highest BCUT2D eigenvalue weighted by molar-refractivity contribution is 14.1. The lowest BCUT2D eigenvalue weighted by Crippen LogP contribution is -1.96. The highest BCUT2D eigenvalue weighted by Gasteiger charge is 2.12. The first-order chi connectivity index (χ1) is 7.97. The molecule has 0 aliphatic rings. The summed E-state index contributed by atoms with van der Waals surface area (Å²) in [5, 5.41) is 36.2. The van der Waals surface area contributed by atoms with Crippen LogP contribution in [0.3, 0.4) is 0 Å². The van der Waals surface area contributed by atoms with Gasteiger partial charge in [-0.3, -0.25) is 15.5 Å². The van der Waals surface area contributed by atoms with E-state index in [1.807, 2.05) is 0 Å². The van der Waals surface area contributed by atoms with E-state index in [1.54, 1.807) is 28.7 Å². The normalized spacial score (nSPS) is 11.3. The molecule has 0 saturated carbocycles. The number of benzene rings is 1. The Morgan fingerprint density at radius 1 is 1.47 bits per heavy atom. The fraction of sp³-hybridized carbons (Fsp3) is 0. The van der Waals surface area contributed by atoms with E-state index in [2.05, 4.69) is 0 Å². The van der Waals surface area contributed by atoms with E-state index in [-0.39, 0.29) is 26.3 Å². The molecule has 0 aliphatic heterocycles. The number of aliphatic hydroxyl groups excluding tert-OH is 1. The summed E-state index contributed by atoms with van der Waals surface area (Å²) in [5.74, 6) is -0.359. The standard InChI is InChI=1S/C10H6IN3O3/c11-10(13)8(5-12)9(15)6-1-3-7(4-2-6)14(16)17/h1-4,13,15H/b9-8-,13-10?. The predicted octanol–water partition coefficient (Wildman–Crippen LogP) is 2.80. The van der Waals surface area contributed by atoms with Crippen molar-refractivity contribution in [2.24, 2.45) is 0 Å². The number of allylic oxidation sites excluding steroid dienone is 1. The second kappa shape index (κ2) is 5.40. The largest absolute Gasteiger partial charge is 0.506 e. The quantitative estimate of drug-likeness (QED) is 0.219. The van der Waals surface area contributed by atoms with Crippen LogP contribution in [0, 0.1) is 26.9 Å². The van der Waals surface area contributed by atoms with Gasteiger partial charge >= 0.3 is 0 Å². The average Bonchev–Trinajstić information content (AvgIpc) is 2.29. The number of nitro benzene ring substituents is 1. The molecular formula is C10H6IN3O3. The minimum atomic E-state index is -0.559. The predicted molar refractivity (Wildman–Crippen MR) is 70.0 cm³/mol. The lowest BCUT2D eigenvalue weighted by molar-refractivity contribution is -0.384. The molecule has 0 radical (unpaired) electrons. The fourth-order valence-corrected chi connectivity index (χ4v) is 1.47. The van der Waals surface area contributed by atoms with Crippen molar-refractivity contribution < 1.29 is 10.0 Å². The van der Waals surface area contributed by atoms with Gasteiger partial charge in [0.2, 0.25) is 0 Å². The zero-order valence-electron chi connectivity index (χ0n) is 8.35. The third-order valence-electron chi connectivity index (χ3n) is 1.92. The van der Waals surface area contributed by atoms with E-state index in [9.17, 15) is 15.2 Å². The van der Waals surface area contributed by atoms with Crippen molar-refractivity contribution in [3.8, 4) is 6.07 Å². The van der Waals surface area contributed by atoms with Gasteiger partial charge in [-0.2, -0.15) is 5.26 Å². The summed E-state index contributed by atoms with van der Waals surface area (Å²) in [6, 6.07) is 6.79. The Hall–Kier alpha value is -1.95. The summed E-state index contributed by atoms with van der Waals surface area (Å²) < 4.78 is -0.0963. The summed E-state index contributed by atoms with van der Waals surface area (Å²) in [6.07, 6.45) is 0. The van der Waals surface area contributed by atoms with Gasteiger partial charge in [0.15, 0.2) is 0 Å². The Balaban J connectivity index is 3.22. The van der Waals surface area contributed by atoms with Crippen molar-refractivity contribution in [2.75, 3.05) is 0 Å². The Morgan fingerprint density at radius 3 is 2.35 bits per heavy atom. The van der Waals surface area contributed by atoms with Crippen molar-refractivity contribution >= 4 is 37.8 Å². The first kappa shape index (κ1) is 13.1. The molecular weight excluding hydrogens is 337 g/mol. The number of non-ortho nitro benzene ring substituents is 1. The van der Waals surface area contributed by atoms with Gasteiger partial charge in [0.25, 0.3) is 5.69 Å². The fourth-order valence-electron chi connectivity index (χ4n) is 1.09. The monoisotopic (exact) mass is 343 g/mol. The minimum absolute atomic E-state index is 0.0963. The zero-order chi connectivity index (χ0) is 13.0. The molecule has 0 spiro atoms. The average molecular weight is 343 g/mol. The van der Waals surface area contributed by atoms with Gasteiger partial charge in [0.05, 0.1) is 4.92 Å². The van der Waals surface area contributed by atoms with Gasteiger partial charge in [-0.05, 0) is 34.7 Å². The van der Waals surface area contributed by atoms with Crippen LogP contribution in [0.25, 0.3) is 5.76 Å². The molecule has 0 aromatic heterocycles.